The van der Waals surface area contributed by atoms with Crippen LogP contribution in [0.4, 0.5) is 19.0 Å². The van der Waals surface area contributed by atoms with E-state index in [9.17, 15) is 23.5 Å². The number of halogens is 3. The topological polar surface area (TPSA) is 147 Å². The van der Waals surface area contributed by atoms with Gasteiger partial charge in [-0.15, -0.1) is 0 Å². The molecule has 16 heteroatoms. The van der Waals surface area contributed by atoms with Crippen molar-refractivity contribution in [3.05, 3.63) is 65.2 Å². The lowest BCUT2D eigenvalue weighted by Gasteiger charge is -2.33. The first-order chi connectivity index (χ1) is 19.8. The fourth-order valence-corrected chi connectivity index (χ4v) is 6.71. The van der Waals surface area contributed by atoms with Gasteiger partial charge in [-0.3, -0.25) is 9.36 Å². The highest BCUT2D eigenvalue weighted by molar-refractivity contribution is 8.09. The zero-order valence-corrected chi connectivity index (χ0v) is 24.4. The zero-order chi connectivity index (χ0) is 30.8. The molecule has 4 rings (SSSR count). The Morgan fingerprint density at radius 1 is 1.24 bits per heavy atom. The molecule has 11 nitrogen and oxygen atoms in total. The molecule has 1 aliphatic heterocycles. The van der Waals surface area contributed by atoms with E-state index in [0.29, 0.717) is 9.95 Å². The number of hydrogen-bond acceptors (Lipinski definition) is 10. The van der Waals surface area contributed by atoms with Gasteiger partial charge in [0.15, 0.2) is 18.0 Å². The molecule has 42 heavy (non-hydrogen) atoms. The van der Waals surface area contributed by atoms with Gasteiger partial charge in [-0.2, -0.15) is 4.98 Å². The van der Waals surface area contributed by atoms with Crippen molar-refractivity contribution >= 4 is 41.0 Å². The number of ether oxygens (including phenoxy) is 2. The van der Waals surface area contributed by atoms with Crippen LogP contribution in [0.25, 0.3) is 10.8 Å². The van der Waals surface area contributed by atoms with Crippen molar-refractivity contribution in [3.8, 4) is 5.75 Å². The lowest BCUT2D eigenvalue weighted by molar-refractivity contribution is -0.182. The maximum Gasteiger partial charge on any atom is 0.351 e. The summed E-state index contributed by atoms with van der Waals surface area (Å²) in [5.41, 5.74) is 1.33. The smallest absolute Gasteiger partial charge is 0.351 e. The number of aliphatic hydroxyl groups is 1. The van der Waals surface area contributed by atoms with Gasteiger partial charge in [0, 0.05) is 11.6 Å². The van der Waals surface area contributed by atoms with Crippen LogP contribution in [0, 0.1) is 0 Å². The molecule has 2 heterocycles. The molecule has 1 aliphatic rings. The Morgan fingerprint density at radius 2 is 1.93 bits per heavy atom. The van der Waals surface area contributed by atoms with Crippen LogP contribution in [-0.2, 0) is 30.6 Å². The largest absolute Gasteiger partial charge is 0.462 e. The average Bonchev–Trinajstić information content (AvgIpc) is 3.18. The van der Waals surface area contributed by atoms with Gasteiger partial charge in [0.25, 0.3) is 6.43 Å². The minimum Gasteiger partial charge on any atom is -0.462 e. The number of fused-ring (bicyclic) bond motifs is 1. The number of anilines is 1. The van der Waals surface area contributed by atoms with Gasteiger partial charge in [-0.25, -0.2) is 23.1 Å². The summed E-state index contributed by atoms with van der Waals surface area (Å²) in [5.74, 6) is -0.688. The maximum absolute atomic E-state index is 15.5. The molecule has 0 radical (unpaired) electrons. The number of carbonyl (C=O) groups is 1. The van der Waals surface area contributed by atoms with E-state index in [1.165, 1.54) is 6.92 Å². The van der Waals surface area contributed by atoms with Gasteiger partial charge in [0.2, 0.25) is 0 Å². The van der Waals surface area contributed by atoms with Gasteiger partial charge in [-0.05, 0) is 50.1 Å². The fraction of sp³-hybridized carbons (Fsp3) is 0.423. The predicted octanol–water partition coefficient (Wildman–Crippen LogP) is 3.46. The highest BCUT2D eigenvalue weighted by Gasteiger charge is 2.62. The summed E-state index contributed by atoms with van der Waals surface area (Å²) in [6.45, 7) is -0.502. The molecule has 1 aromatic heterocycles. The number of esters is 1. The molecule has 228 valence electrons. The molecule has 3 aromatic rings. The first-order valence-corrected chi connectivity index (χ1v) is 15.4. The standard InChI is InChI=1S/C26H30F3N4O7PS/c1-14(2)38-23(35)15(3)32-41(42,40-18-10-6-8-16-7-4-5-9-17(16)18)37-13-26(24(28)29)21(27)20(34)22(39-26)33-12-11-19(30)31-25(33)36/h4-12,14-15,20-22,24,34H,13H2,1-3H3,(H,32,42)(H2,30,31,36)/t15-,20+,21+,22+,26+,41?/m0/s1. The Morgan fingerprint density at radius 3 is 2.60 bits per heavy atom. The molecule has 4 N–H and O–H groups in total. The average molecular weight is 631 g/mol. The van der Waals surface area contributed by atoms with Crippen LogP contribution in [0.1, 0.15) is 27.0 Å². The monoisotopic (exact) mass is 630 g/mol. The van der Waals surface area contributed by atoms with Crippen LogP contribution in [-0.4, -0.2) is 63.7 Å². The van der Waals surface area contributed by atoms with Gasteiger partial charge >= 0.3 is 18.3 Å². The molecule has 2 aromatic carbocycles. The fourth-order valence-electron chi connectivity index (χ4n) is 4.29. The van der Waals surface area contributed by atoms with Gasteiger partial charge in [0.1, 0.15) is 23.7 Å². The first-order valence-electron chi connectivity index (χ1n) is 12.8. The van der Waals surface area contributed by atoms with Crippen molar-refractivity contribution in [1.82, 2.24) is 14.6 Å². The van der Waals surface area contributed by atoms with Crippen LogP contribution in [0.3, 0.4) is 0 Å². The maximum atomic E-state index is 15.5. The van der Waals surface area contributed by atoms with E-state index in [0.717, 1.165) is 17.6 Å². The van der Waals surface area contributed by atoms with Crippen molar-refractivity contribution in [2.24, 2.45) is 0 Å². The summed E-state index contributed by atoms with van der Waals surface area (Å²) < 4.78 is 67.6. The van der Waals surface area contributed by atoms with Crippen LogP contribution in [0.2, 0.25) is 0 Å². The summed E-state index contributed by atoms with van der Waals surface area (Å²) in [6, 6.07) is 12.2. The van der Waals surface area contributed by atoms with E-state index in [-0.39, 0.29) is 11.6 Å². The summed E-state index contributed by atoms with van der Waals surface area (Å²) in [7, 11) is 0. The van der Waals surface area contributed by atoms with Crippen LogP contribution < -0.4 is 21.0 Å². The normalized spacial score (nSPS) is 24.5. The highest BCUT2D eigenvalue weighted by atomic mass is 32.5. The van der Waals surface area contributed by atoms with E-state index in [4.69, 9.17) is 36.1 Å². The minimum absolute atomic E-state index is 0.175. The Labute approximate surface area is 244 Å². The zero-order valence-electron chi connectivity index (χ0n) is 22.7. The predicted molar refractivity (Wildman–Crippen MR) is 151 cm³/mol. The lowest BCUT2D eigenvalue weighted by atomic mass is 9.98. The van der Waals surface area contributed by atoms with Crippen molar-refractivity contribution in [2.45, 2.75) is 63.4 Å². The third-order valence-electron chi connectivity index (χ3n) is 6.38. The number of hydrogen-bond donors (Lipinski definition) is 3. The third kappa shape index (κ3) is 6.61. The molecule has 1 saturated heterocycles. The summed E-state index contributed by atoms with van der Waals surface area (Å²) in [4.78, 5) is 28.3. The number of rotatable bonds is 11. The Hall–Kier alpha value is -3.07. The molecule has 0 amide bonds. The van der Waals surface area contributed by atoms with Crippen molar-refractivity contribution in [1.29, 1.82) is 0 Å². The van der Waals surface area contributed by atoms with E-state index in [1.54, 1.807) is 44.2 Å². The van der Waals surface area contributed by atoms with E-state index in [2.05, 4.69) is 10.1 Å². The summed E-state index contributed by atoms with van der Waals surface area (Å²) in [6.07, 6.45) is -9.83. The SMILES string of the molecule is CC(C)OC(=O)[C@H](C)NP(=S)(OC[C@@]1(C(F)F)O[C@@H](n2ccc(N)nc2=O)[C@H](O)[C@H]1F)Oc1cccc2ccccc12. The second-order valence-corrected chi connectivity index (χ2v) is 13.0. The van der Waals surface area contributed by atoms with Crippen LogP contribution >= 0.6 is 6.64 Å². The van der Waals surface area contributed by atoms with E-state index in [1.807, 2.05) is 12.1 Å². The van der Waals surface area contributed by atoms with Gasteiger partial charge < -0.3 is 29.4 Å². The lowest BCUT2D eigenvalue weighted by Crippen LogP contribution is -2.51. The second-order valence-electron chi connectivity index (χ2n) is 9.87. The summed E-state index contributed by atoms with van der Waals surface area (Å²) >= 11 is 5.64. The molecule has 1 unspecified atom stereocenters. The number of aromatic nitrogens is 2. The molecular formula is C26H30F3N4O7PS. The highest BCUT2D eigenvalue weighted by Crippen LogP contribution is 2.51. The Bertz CT molecular complexity index is 1540. The number of nitrogens with one attached hydrogen (secondary N) is 1. The van der Waals surface area contributed by atoms with Gasteiger partial charge in [0.05, 0.1) is 12.7 Å². The number of benzene rings is 2. The van der Waals surface area contributed by atoms with Crippen molar-refractivity contribution in [3.63, 3.8) is 0 Å². The first kappa shape index (κ1) is 31.9. The molecule has 0 bridgehead atoms. The number of nitrogens with zero attached hydrogens (tertiary/aromatic N) is 2. The molecule has 1 fully saturated rings. The number of nitrogen functional groups attached to an aromatic ring is 1. The van der Waals surface area contributed by atoms with Crippen LogP contribution in [0.5, 0.6) is 5.75 Å². The van der Waals surface area contributed by atoms with E-state index >= 15 is 4.39 Å². The number of carbonyl (C=O) groups excluding carboxylic acids is 1. The second kappa shape index (κ2) is 12.7. The van der Waals surface area contributed by atoms with Gasteiger partial charge in [-0.1, -0.05) is 36.4 Å². The number of aliphatic hydroxyl groups excluding tert-OH is 1. The minimum atomic E-state index is -3.96. The van der Waals surface area contributed by atoms with Crippen molar-refractivity contribution < 1.29 is 41.6 Å². The molecule has 6 atom stereocenters. The van der Waals surface area contributed by atoms with Crippen molar-refractivity contribution in [2.75, 3.05) is 12.3 Å². The Kier molecular flexibility index (Phi) is 9.60. The molecule has 0 saturated carbocycles. The molecular weight excluding hydrogens is 600 g/mol. The third-order valence-corrected chi connectivity index (χ3v) is 8.85. The number of nitrogens with two attached hydrogens (primary N) is 1. The summed E-state index contributed by atoms with van der Waals surface area (Å²) in [5, 5.41) is 14.6. The quantitative estimate of drug-likeness (QED) is 0.211. The molecule has 0 aliphatic carbocycles. The molecule has 0 spiro atoms. The van der Waals surface area contributed by atoms with Crippen LogP contribution in [0.15, 0.2) is 59.5 Å². The van der Waals surface area contributed by atoms with E-state index < -0.39 is 67.6 Å². The number of alkyl halides is 3. The Balaban J connectivity index is 1.67.